The van der Waals surface area contributed by atoms with Gasteiger partial charge in [-0.3, -0.25) is 10.1 Å². The third-order valence-corrected chi connectivity index (χ3v) is 3.74. The molecule has 0 bridgehead atoms. The van der Waals surface area contributed by atoms with E-state index in [0.29, 0.717) is 9.50 Å². The quantitative estimate of drug-likeness (QED) is 0.628. The first-order valence-electron chi connectivity index (χ1n) is 4.88. The van der Waals surface area contributed by atoms with Crippen LogP contribution in [-0.4, -0.2) is 11.0 Å². The smallest absolute Gasteiger partial charge is 0.312 e. The molecule has 0 radical (unpaired) electrons. The Balaban J connectivity index is 2.32. The molecule has 0 aliphatic heterocycles. The van der Waals surface area contributed by atoms with Crippen molar-refractivity contribution in [2.24, 2.45) is 0 Å². The van der Waals surface area contributed by atoms with Crippen molar-refractivity contribution in [1.29, 1.82) is 0 Å². The minimum absolute atomic E-state index is 0.0526. The normalized spacial score (nSPS) is 15.6. The molecule has 0 unspecified atom stereocenters. The average molecular weight is 307 g/mol. The predicted molar refractivity (Wildman–Crippen MR) is 64.1 cm³/mol. The predicted octanol–water partition coefficient (Wildman–Crippen LogP) is 3.94. The lowest BCUT2D eigenvalue weighted by Gasteiger charge is -2.26. The van der Waals surface area contributed by atoms with Crippen molar-refractivity contribution < 1.29 is 9.66 Å². The van der Waals surface area contributed by atoms with E-state index in [1.54, 1.807) is 0 Å². The molecule has 0 heterocycles. The summed E-state index contributed by atoms with van der Waals surface area (Å²) in [6, 6.07) is 2.86. The Kier molecular flexibility index (Phi) is 3.35. The van der Waals surface area contributed by atoms with Crippen molar-refractivity contribution in [3.63, 3.8) is 0 Å². The molecule has 1 aromatic carbocycles. The zero-order valence-corrected chi connectivity index (χ0v) is 10.6. The van der Waals surface area contributed by atoms with E-state index >= 15 is 0 Å². The topological polar surface area (TPSA) is 52.4 Å². The molecule has 1 aromatic rings. The molecule has 86 valence electrons. The van der Waals surface area contributed by atoms with Crippen LogP contribution in [0.1, 0.15) is 19.3 Å². The molecule has 6 heteroatoms. The number of ether oxygens (including phenoxy) is 1. The van der Waals surface area contributed by atoms with E-state index in [2.05, 4.69) is 15.9 Å². The van der Waals surface area contributed by atoms with Gasteiger partial charge >= 0.3 is 5.69 Å². The van der Waals surface area contributed by atoms with Gasteiger partial charge in [0.25, 0.3) is 0 Å². The van der Waals surface area contributed by atoms with Crippen LogP contribution in [0.4, 0.5) is 5.69 Å². The molecule has 0 saturated heterocycles. The second kappa shape index (κ2) is 4.59. The maximum atomic E-state index is 10.8. The van der Waals surface area contributed by atoms with Gasteiger partial charge in [-0.1, -0.05) is 11.6 Å². The molecule has 0 spiro atoms. The maximum absolute atomic E-state index is 10.8. The third kappa shape index (κ3) is 2.30. The fourth-order valence-corrected chi connectivity index (χ4v) is 1.91. The Morgan fingerprint density at radius 1 is 1.50 bits per heavy atom. The van der Waals surface area contributed by atoms with E-state index in [4.69, 9.17) is 16.3 Å². The van der Waals surface area contributed by atoms with Crippen LogP contribution in [0.2, 0.25) is 5.02 Å². The molecule has 0 amide bonds. The summed E-state index contributed by atoms with van der Waals surface area (Å²) < 4.78 is 6.03. The second-order valence-electron chi connectivity index (χ2n) is 3.66. The van der Waals surface area contributed by atoms with Gasteiger partial charge in [-0.15, -0.1) is 0 Å². The third-order valence-electron chi connectivity index (χ3n) is 2.54. The Labute approximate surface area is 106 Å². The number of halogens is 2. The SMILES string of the molecule is O=[N+]([O-])c1cc(Br)c(Cl)cc1OC1CCC1. The minimum Gasteiger partial charge on any atom is -0.483 e. The monoisotopic (exact) mass is 305 g/mol. The van der Waals surface area contributed by atoms with Gasteiger partial charge in [0.05, 0.1) is 16.0 Å². The van der Waals surface area contributed by atoms with Crippen LogP contribution in [-0.2, 0) is 0 Å². The van der Waals surface area contributed by atoms with Crippen LogP contribution >= 0.6 is 27.5 Å². The first kappa shape index (κ1) is 11.7. The highest BCUT2D eigenvalue weighted by Gasteiger charge is 2.24. The number of hydrogen-bond acceptors (Lipinski definition) is 3. The number of benzene rings is 1. The summed E-state index contributed by atoms with van der Waals surface area (Å²) in [7, 11) is 0. The number of nitro groups is 1. The van der Waals surface area contributed by atoms with Crippen LogP contribution in [0.15, 0.2) is 16.6 Å². The molecule has 0 atom stereocenters. The van der Waals surface area contributed by atoms with Gasteiger partial charge < -0.3 is 4.74 Å². The van der Waals surface area contributed by atoms with E-state index in [-0.39, 0.29) is 17.5 Å². The Morgan fingerprint density at radius 2 is 2.19 bits per heavy atom. The summed E-state index contributed by atoms with van der Waals surface area (Å²) in [4.78, 5) is 10.4. The highest BCUT2D eigenvalue weighted by atomic mass is 79.9. The van der Waals surface area contributed by atoms with Crippen LogP contribution in [0.5, 0.6) is 5.75 Å². The van der Waals surface area contributed by atoms with Gasteiger partial charge in [0.1, 0.15) is 0 Å². The number of nitro benzene ring substituents is 1. The molecule has 0 N–H and O–H groups in total. The minimum atomic E-state index is -0.463. The zero-order valence-electron chi connectivity index (χ0n) is 8.28. The lowest BCUT2D eigenvalue weighted by atomic mass is 9.96. The summed E-state index contributed by atoms with van der Waals surface area (Å²) in [5, 5.41) is 11.3. The fraction of sp³-hybridized carbons (Fsp3) is 0.400. The molecular formula is C10H9BrClNO3. The molecule has 1 saturated carbocycles. The highest BCUT2D eigenvalue weighted by molar-refractivity contribution is 9.10. The highest BCUT2D eigenvalue weighted by Crippen LogP contribution is 2.38. The summed E-state index contributed by atoms with van der Waals surface area (Å²) in [5.41, 5.74) is -0.0526. The first-order chi connectivity index (χ1) is 7.58. The zero-order chi connectivity index (χ0) is 11.7. The van der Waals surface area contributed by atoms with E-state index in [0.717, 1.165) is 19.3 Å². The molecule has 16 heavy (non-hydrogen) atoms. The van der Waals surface area contributed by atoms with Gasteiger partial charge in [-0.25, -0.2) is 0 Å². The number of hydrogen-bond donors (Lipinski definition) is 0. The molecule has 1 aliphatic rings. The summed E-state index contributed by atoms with van der Waals surface area (Å²) in [6.07, 6.45) is 3.11. The Hall–Kier alpha value is -0.810. The molecule has 4 nitrogen and oxygen atoms in total. The summed E-state index contributed by atoms with van der Waals surface area (Å²) in [6.45, 7) is 0. The standard InChI is InChI=1S/C10H9BrClNO3/c11-7-4-9(13(14)15)10(5-8(7)12)16-6-2-1-3-6/h4-6H,1-3H2. The van der Waals surface area contributed by atoms with Crippen molar-refractivity contribution in [2.45, 2.75) is 25.4 Å². The maximum Gasteiger partial charge on any atom is 0.312 e. The lowest BCUT2D eigenvalue weighted by molar-refractivity contribution is -0.386. The van der Waals surface area contributed by atoms with Gasteiger partial charge in [-0.05, 0) is 35.2 Å². The summed E-state index contributed by atoms with van der Waals surface area (Å²) in [5.74, 6) is 0.253. The van der Waals surface area contributed by atoms with E-state index in [9.17, 15) is 10.1 Å². The van der Waals surface area contributed by atoms with Crippen LogP contribution in [0.3, 0.4) is 0 Å². The van der Waals surface area contributed by atoms with E-state index in [1.165, 1.54) is 12.1 Å². The first-order valence-corrected chi connectivity index (χ1v) is 6.05. The van der Waals surface area contributed by atoms with Gasteiger partial charge in [0.15, 0.2) is 5.75 Å². The molecule has 1 fully saturated rings. The van der Waals surface area contributed by atoms with Gasteiger partial charge in [-0.2, -0.15) is 0 Å². The van der Waals surface area contributed by atoms with Crippen LogP contribution < -0.4 is 4.74 Å². The van der Waals surface area contributed by atoms with Gasteiger partial charge in [0.2, 0.25) is 0 Å². The Morgan fingerprint density at radius 3 is 2.69 bits per heavy atom. The molecular weight excluding hydrogens is 297 g/mol. The second-order valence-corrected chi connectivity index (χ2v) is 4.92. The lowest BCUT2D eigenvalue weighted by Crippen LogP contribution is -2.24. The van der Waals surface area contributed by atoms with E-state index < -0.39 is 4.92 Å². The van der Waals surface area contributed by atoms with Crippen molar-refractivity contribution in [1.82, 2.24) is 0 Å². The van der Waals surface area contributed by atoms with Crippen molar-refractivity contribution >= 4 is 33.2 Å². The summed E-state index contributed by atoms with van der Waals surface area (Å²) >= 11 is 9.04. The van der Waals surface area contributed by atoms with Crippen molar-refractivity contribution in [3.05, 3.63) is 31.7 Å². The van der Waals surface area contributed by atoms with Crippen molar-refractivity contribution in [2.75, 3.05) is 0 Å². The number of nitrogens with zero attached hydrogens (tertiary/aromatic N) is 1. The van der Waals surface area contributed by atoms with Crippen molar-refractivity contribution in [3.8, 4) is 5.75 Å². The van der Waals surface area contributed by atoms with E-state index in [1.807, 2.05) is 0 Å². The number of rotatable bonds is 3. The largest absolute Gasteiger partial charge is 0.483 e. The average Bonchev–Trinajstić information content (AvgIpc) is 2.16. The fourth-order valence-electron chi connectivity index (χ4n) is 1.42. The molecule has 2 rings (SSSR count). The Bertz CT molecular complexity index is 434. The van der Waals surface area contributed by atoms with Crippen LogP contribution in [0.25, 0.3) is 0 Å². The molecule has 0 aromatic heterocycles. The van der Waals surface area contributed by atoms with Gasteiger partial charge in [0, 0.05) is 16.6 Å². The molecule has 1 aliphatic carbocycles. The van der Waals surface area contributed by atoms with Crippen LogP contribution in [0, 0.1) is 10.1 Å².